The predicted octanol–water partition coefficient (Wildman–Crippen LogP) is 2.86. The Kier molecular flexibility index (Phi) is 4.59. The van der Waals surface area contributed by atoms with Crippen molar-refractivity contribution in [2.75, 3.05) is 21.2 Å². The van der Waals surface area contributed by atoms with Crippen LogP contribution in [0.15, 0.2) is 53.7 Å². The van der Waals surface area contributed by atoms with Crippen LogP contribution in [0.5, 0.6) is 0 Å². The second-order valence-corrected chi connectivity index (χ2v) is 6.72. The van der Waals surface area contributed by atoms with Crippen LogP contribution in [-0.4, -0.2) is 31.1 Å². The number of hydrogen-bond donors (Lipinski definition) is 2. The van der Waals surface area contributed by atoms with Gasteiger partial charge in [-0.25, -0.2) is 0 Å². The zero-order valence-corrected chi connectivity index (χ0v) is 14.7. The van der Waals surface area contributed by atoms with Crippen molar-refractivity contribution in [1.29, 1.82) is 0 Å². The van der Waals surface area contributed by atoms with Gasteiger partial charge in [-0.2, -0.15) is 0 Å². The molecule has 0 radical (unpaired) electrons. The highest BCUT2D eigenvalue weighted by Crippen LogP contribution is 2.33. The Morgan fingerprint density at radius 3 is 2.41 bits per heavy atom. The molecule has 1 aliphatic rings. The van der Waals surface area contributed by atoms with Crippen LogP contribution in [0.4, 0.5) is 17.1 Å². The first-order valence-corrected chi connectivity index (χ1v) is 8.85. The van der Waals surface area contributed by atoms with Gasteiger partial charge < -0.3 is 25.8 Å². The summed E-state index contributed by atoms with van der Waals surface area (Å²) in [6.07, 6.45) is 0. The minimum Gasteiger partial charge on any atom is -0.733 e. The zero-order chi connectivity index (χ0) is 19.0. The molecule has 0 atom stereocenters. The standard InChI is InChI=1S/C16H14N6O4S/c23-21(24)13-5-1-3-11(7-13)15-17-18-16-20(15)9-19(10-27-16)12-4-2-6-14(8-12)22(25)26/h1-8,23,25H,9-10H2/q-2. The highest BCUT2D eigenvalue weighted by molar-refractivity contribution is 7.99. The third kappa shape index (κ3) is 3.41. The Morgan fingerprint density at radius 1 is 0.963 bits per heavy atom. The summed E-state index contributed by atoms with van der Waals surface area (Å²) in [5, 5.41) is 49.2. The molecule has 0 fully saturated rings. The Morgan fingerprint density at radius 2 is 1.67 bits per heavy atom. The van der Waals surface area contributed by atoms with E-state index in [1.165, 1.54) is 30.0 Å². The van der Waals surface area contributed by atoms with Gasteiger partial charge in [0.15, 0.2) is 11.0 Å². The van der Waals surface area contributed by atoms with Crippen LogP contribution in [0.1, 0.15) is 0 Å². The molecule has 10 nitrogen and oxygen atoms in total. The van der Waals surface area contributed by atoms with Crippen LogP contribution in [0.2, 0.25) is 0 Å². The predicted molar refractivity (Wildman–Crippen MR) is 100 cm³/mol. The van der Waals surface area contributed by atoms with Gasteiger partial charge in [-0.3, -0.25) is 15.0 Å². The van der Waals surface area contributed by atoms with E-state index < -0.39 is 0 Å². The van der Waals surface area contributed by atoms with Crippen molar-refractivity contribution in [2.24, 2.45) is 0 Å². The van der Waals surface area contributed by atoms with Gasteiger partial charge in [-0.05, 0) is 30.3 Å². The maximum absolute atomic E-state index is 11.1. The number of anilines is 3. The molecule has 27 heavy (non-hydrogen) atoms. The lowest BCUT2D eigenvalue weighted by molar-refractivity contribution is 0.296. The van der Waals surface area contributed by atoms with E-state index in [1.54, 1.807) is 24.3 Å². The minimum atomic E-state index is -0.201. The third-order valence-corrected chi connectivity index (χ3v) is 5.12. The van der Waals surface area contributed by atoms with Crippen molar-refractivity contribution in [2.45, 2.75) is 11.8 Å². The highest BCUT2D eigenvalue weighted by Gasteiger charge is 2.23. The van der Waals surface area contributed by atoms with Crippen LogP contribution in [0, 0.1) is 10.4 Å². The fourth-order valence-electron chi connectivity index (χ4n) is 2.81. The summed E-state index contributed by atoms with van der Waals surface area (Å²) in [7, 11) is 0. The molecule has 140 valence electrons. The Balaban J connectivity index is 1.66. The van der Waals surface area contributed by atoms with Crippen molar-refractivity contribution in [3.63, 3.8) is 0 Å². The lowest BCUT2D eigenvalue weighted by Gasteiger charge is -2.31. The summed E-state index contributed by atoms with van der Waals surface area (Å²) in [5.41, 5.74) is 1.63. The van der Waals surface area contributed by atoms with E-state index in [-0.39, 0.29) is 21.8 Å². The third-order valence-electron chi connectivity index (χ3n) is 4.12. The molecular formula is C16H14N6O4S-2. The average molecular weight is 386 g/mol. The molecule has 0 aliphatic carbocycles. The summed E-state index contributed by atoms with van der Waals surface area (Å²) in [6.45, 7) is 0.419. The lowest BCUT2D eigenvalue weighted by Crippen LogP contribution is -2.30. The second kappa shape index (κ2) is 7.06. The van der Waals surface area contributed by atoms with E-state index in [9.17, 15) is 10.4 Å². The van der Waals surface area contributed by atoms with Gasteiger partial charge in [0, 0.05) is 11.3 Å². The number of thioether (sulfide) groups is 1. The van der Waals surface area contributed by atoms with Gasteiger partial charge in [0.1, 0.15) is 0 Å². The molecule has 0 bridgehead atoms. The fraction of sp³-hybridized carbons (Fsp3) is 0.125. The van der Waals surface area contributed by atoms with Gasteiger partial charge in [0.25, 0.3) is 0 Å². The molecule has 2 heterocycles. The number of hydrogen-bond acceptors (Lipinski definition) is 10. The number of aromatic nitrogens is 3. The van der Waals surface area contributed by atoms with Crippen LogP contribution in [0.25, 0.3) is 11.4 Å². The van der Waals surface area contributed by atoms with Crippen molar-refractivity contribution in [1.82, 2.24) is 14.8 Å². The smallest absolute Gasteiger partial charge is 0.194 e. The quantitative estimate of drug-likeness (QED) is 0.646. The van der Waals surface area contributed by atoms with Crippen molar-refractivity contribution in [3.8, 4) is 11.4 Å². The Hall–Kier alpha value is -2.83. The first-order valence-electron chi connectivity index (χ1n) is 7.86. The van der Waals surface area contributed by atoms with Crippen LogP contribution in [0.3, 0.4) is 0 Å². The zero-order valence-electron chi connectivity index (χ0n) is 13.8. The summed E-state index contributed by atoms with van der Waals surface area (Å²) < 4.78 is 1.88. The molecular weight excluding hydrogens is 372 g/mol. The van der Waals surface area contributed by atoms with E-state index >= 15 is 0 Å². The fourth-order valence-corrected chi connectivity index (χ4v) is 3.71. The van der Waals surface area contributed by atoms with E-state index in [0.717, 1.165) is 10.8 Å². The summed E-state index contributed by atoms with van der Waals surface area (Å²) in [6, 6.07) is 13.1. The molecule has 3 aromatic rings. The molecule has 11 heteroatoms. The number of fused-ring (bicyclic) bond motifs is 1. The average Bonchev–Trinajstić information content (AvgIpc) is 3.11. The number of rotatable bonds is 4. The molecule has 0 saturated carbocycles. The molecule has 1 aliphatic heterocycles. The van der Waals surface area contributed by atoms with E-state index in [2.05, 4.69) is 10.2 Å². The maximum Gasteiger partial charge on any atom is 0.194 e. The maximum atomic E-state index is 11.1. The molecule has 1 aromatic heterocycles. The van der Waals surface area contributed by atoms with E-state index in [1.807, 2.05) is 15.5 Å². The molecule has 0 unspecified atom stereocenters. The highest BCUT2D eigenvalue weighted by atomic mass is 32.2. The molecule has 0 amide bonds. The summed E-state index contributed by atoms with van der Waals surface area (Å²) in [4.78, 5) is 1.99. The van der Waals surface area contributed by atoms with E-state index in [0.29, 0.717) is 23.9 Å². The van der Waals surface area contributed by atoms with Crippen molar-refractivity contribution < 1.29 is 10.4 Å². The van der Waals surface area contributed by atoms with Crippen molar-refractivity contribution in [3.05, 3.63) is 58.9 Å². The molecule has 0 spiro atoms. The monoisotopic (exact) mass is 386 g/mol. The second-order valence-electron chi connectivity index (χ2n) is 5.80. The van der Waals surface area contributed by atoms with Gasteiger partial charge in [0.2, 0.25) is 0 Å². The largest absolute Gasteiger partial charge is 0.733 e. The minimum absolute atomic E-state index is 0.0938. The molecule has 0 saturated heterocycles. The number of benzene rings is 2. The summed E-state index contributed by atoms with van der Waals surface area (Å²) in [5.74, 6) is 1.14. The topological polar surface area (TPSA) is 127 Å². The number of nitrogens with zero attached hydrogens (tertiary/aromatic N) is 6. The first-order chi connectivity index (χ1) is 13.0. The van der Waals surface area contributed by atoms with Gasteiger partial charge in [-0.1, -0.05) is 30.0 Å². The first kappa shape index (κ1) is 17.6. The van der Waals surface area contributed by atoms with Crippen molar-refractivity contribution >= 4 is 28.8 Å². The molecule has 4 rings (SSSR count). The van der Waals surface area contributed by atoms with E-state index in [4.69, 9.17) is 10.4 Å². The van der Waals surface area contributed by atoms with Gasteiger partial charge in [0.05, 0.1) is 23.9 Å². The van der Waals surface area contributed by atoms with Gasteiger partial charge >= 0.3 is 0 Å². The van der Waals surface area contributed by atoms with Crippen LogP contribution in [-0.2, 0) is 6.67 Å². The van der Waals surface area contributed by atoms with Crippen LogP contribution < -0.4 is 15.4 Å². The SMILES string of the molecule is [O-]N(O)c1cccc(-c2nnc3n2CN(c2cccc(N([O-])O)c2)CS3)c1. The molecule has 2 N–H and O–H groups in total. The normalized spacial score (nSPS) is 13.4. The van der Waals surface area contributed by atoms with Crippen LogP contribution >= 0.6 is 11.8 Å². The lowest BCUT2D eigenvalue weighted by atomic mass is 10.2. The molecule has 2 aromatic carbocycles. The van der Waals surface area contributed by atoms with Gasteiger partial charge in [-0.15, -0.1) is 10.2 Å². The Bertz CT molecular complexity index is 964. The Labute approximate surface area is 157 Å². The summed E-state index contributed by atoms with van der Waals surface area (Å²) >= 11 is 1.47.